The highest BCUT2D eigenvalue weighted by Crippen LogP contribution is 2.27. The van der Waals surface area contributed by atoms with Crippen LogP contribution in [-0.4, -0.2) is 23.7 Å². The van der Waals surface area contributed by atoms with Crippen molar-refractivity contribution in [2.24, 2.45) is 0 Å². The normalized spacial score (nSPS) is 18.6. The van der Waals surface area contributed by atoms with Gasteiger partial charge in [-0.1, -0.05) is 30.3 Å². The van der Waals surface area contributed by atoms with Gasteiger partial charge < -0.3 is 14.6 Å². The Hall–Kier alpha value is -1.39. The van der Waals surface area contributed by atoms with E-state index in [4.69, 9.17) is 14.6 Å². The molecule has 1 aliphatic rings. The summed E-state index contributed by atoms with van der Waals surface area (Å²) >= 11 is 0. The number of hydrogen-bond donors (Lipinski definition) is 1. The first-order chi connectivity index (χ1) is 6.73. The number of carboxylic acids is 1. The molecule has 1 aromatic rings. The third-order valence-electron chi connectivity index (χ3n) is 2.19. The van der Waals surface area contributed by atoms with E-state index in [1.165, 1.54) is 0 Å². The summed E-state index contributed by atoms with van der Waals surface area (Å²) in [5.74, 6) is -2.53. The Morgan fingerprint density at radius 3 is 2.43 bits per heavy atom. The molecule has 4 heteroatoms. The first-order valence-corrected chi connectivity index (χ1v) is 4.28. The lowest BCUT2D eigenvalue weighted by atomic mass is 10.0. The Morgan fingerprint density at radius 1 is 1.36 bits per heavy atom. The fraction of sp³-hybridized carbons (Fsp3) is 0.300. The number of benzene rings is 1. The topological polar surface area (TPSA) is 55.8 Å². The summed E-state index contributed by atoms with van der Waals surface area (Å²) in [7, 11) is 0. The molecule has 14 heavy (non-hydrogen) atoms. The molecule has 0 radical (unpaired) electrons. The van der Waals surface area contributed by atoms with Gasteiger partial charge in [0.05, 0.1) is 0 Å². The minimum Gasteiger partial charge on any atom is -0.477 e. The first-order valence-electron chi connectivity index (χ1n) is 4.28. The molecule has 0 atom stereocenters. The summed E-state index contributed by atoms with van der Waals surface area (Å²) in [6.07, 6.45) is 0.239. The Kier molecular flexibility index (Phi) is 2.23. The summed E-state index contributed by atoms with van der Waals surface area (Å²) in [4.78, 5) is 10.9. The molecular formula is C10H10O4. The molecule has 1 N–H and O–H groups in total. The minimum absolute atomic E-state index is 0.0547. The van der Waals surface area contributed by atoms with E-state index in [0.29, 0.717) is 0 Å². The Bertz CT molecular complexity index is 329. The molecule has 0 unspecified atom stereocenters. The summed E-state index contributed by atoms with van der Waals surface area (Å²) in [5.41, 5.74) is 0.884. The van der Waals surface area contributed by atoms with Gasteiger partial charge in [0.25, 0.3) is 5.79 Å². The first kappa shape index (κ1) is 9.18. The second-order valence-corrected chi connectivity index (χ2v) is 3.13. The zero-order valence-electron chi connectivity index (χ0n) is 7.47. The lowest BCUT2D eigenvalue weighted by Crippen LogP contribution is -2.55. The predicted octanol–water partition coefficient (Wildman–Crippen LogP) is 1.01. The van der Waals surface area contributed by atoms with E-state index in [-0.39, 0.29) is 13.2 Å². The molecule has 1 heterocycles. The van der Waals surface area contributed by atoms with Crippen molar-refractivity contribution in [3.8, 4) is 0 Å². The van der Waals surface area contributed by atoms with Crippen molar-refractivity contribution >= 4 is 5.97 Å². The van der Waals surface area contributed by atoms with Gasteiger partial charge in [0.2, 0.25) is 0 Å². The molecule has 0 spiro atoms. The maximum absolute atomic E-state index is 10.9. The fourth-order valence-corrected chi connectivity index (χ4v) is 1.37. The van der Waals surface area contributed by atoms with Crippen LogP contribution in [0.4, 0.5) is 0 Å². The van der Waals surface area contributed by atoms with Gasteiger partial charge >= 0.3 is 5.97 Å². The molecule has 0 saturated carbocycles. The van der Waals surface area contributed by atoms with Crippen LogP contribution < -0.4 is 0 Å². The number of ether oxygens (including phenoxy) is 2. The molecule has 0 aromatic heterocycles. The zero-order valence-corrected chi connectivity index (χ0v) is 7.47. The Balaban J connectivity index is 2.13. The average Bonchev–Trinajstić information content (AvgIpc) is 2.12. The second kappa shape index (κ2) is 3.40. The number of carbonyl (C=O) groups is 1. The largest absolute Gasteiger partial charge is 0.477 e. The Labute approximate surface area is 81.1 Å². The molecule has 0 aliphatic carbocycles. The van der Waals surface area contributed by atoms with Gasteiger partial charge in [-0.25, -0.2) is 4.79 Å². The second-order valence-electron chi connectivity index (χ2n) is 3.13. The van der Waals surface area contributed by atoms with Crippen LogP contribution in [0, 0.1) is 0 Å². The molecule has 1 saturated heterocycles. The molecular weight excluding hydrogens is 184 g/mol. The summed E-state index contributed by atoms with van der Waals surface area (Å²) < 4.78 is 9.92. The van der Waals surface area contributed by atoms with Gasteiger partial charge in [0.15, 0.2) is 6.79 Å². The zero-order chi connectivity index (χ0) is 10.0. The highest BCUT2D eigenvalue weighted by molar-refractivity contribution is 5.76. The summed E-state index contributed by atoms with van der Waals surface area (Å²) in [6.45, 7) is 0.0547. The van der Waals surface area contributed by atoms with Crippen molar-refractivity contribution in [2.75, 3.05) is 6.79 Å². The lowest BCUT2D eigenvalue weighted by molar-refractivity contribution is -0.380. The van der Waals surface area contributed by atoms with E-state index < -0.39 is 11.8 Å². The molecule has 2 rings (SSSR count). The van der Waals surface area contributed by atoms with Crippen molar-refractivity contribution in [1.82, 2.24) is 0 Å². The number of carboxylic acid groups (broad SMARTS) is 1. The van der Waals surface area contributed by atoms with Gasteiger partial charge in [-0.05, 0) is 5.56 Å². The third kappa shape index (κ3) is 1.49. The van der Waals surface area contributed by atoms with Crippen LogP contribution in [0.2, 0.25) is 0 Å². The van der Waals surface area contributed by atoms with Crippen LogP contribution in [0.3, 0.4) is 0 Å². The number of rotatable bonds is 3. The SMILES string of the molecule is O=C(O)C1(Cc2ccccc2)OCO1. The van der Waals surface area contributed by atoms with Crippen LogP contribution in [0.5, 0.6) is 0 Å². The maximum Gasteiger partial charge on any atom is 0.364 e. The monoisotopic (exact) mass is 194 g/mol. The lowest BCUT2D eigenvalue weighted by Gasteiger charge is -2.37. The smallest absolute Gasteiger partial charge is 0.364 e. The number of aliphatic carboxylic acids is 1. The van der Waals surface area contributed by atoms with E-state index in [9.17, 15) is 4.79 Å². The molecule has 74 valence electrons. The van der Waals surface area contributed by atoms with Crippen LogP contribution in [0.15, 0.2) is 30.3 Å². The van der Waals surface area contributed by atoms with Gasteiger partial charge in [0, 0.05) is 6.42 Å². The third-order valence-corrected chi connectivity index (χ3v) is 2.19. The molecule has 1 aliphatic heterocycles. The van der Waals surface area contributed by atoms with Crippen LogP contribution in [0.25, 0.3) is 0 Å². The van der Waals surface area contributed by atoms with E-state index in [0.717, 1.165) is 5.56 Å². The highest BCUT2D eigenvalue weighted by atomic mass is 16.9. The van der Waals surface area contributed by atoms with Crippen molar-refractivity contribution in [2.45, 2.75) is 12.2 Å². The molecule has 1 fully saturated rings. The molecule has 0 amide bonds. The van der Waals surface area contributed by atoms with Crippen molar-refractivity contribution in [1.29, 1.82) is 0 Å². The van der Waals surface area contributed by atoms with Gasteiger partial charge in [0.1, 0.15) is 0 Å². The predicted molar refractivity (Wildman–Crippen MR) is 47.5 cm³/mol. The average molecular weight is 194 g/mol. The van der Waals surface area contributed by atoms with E-state index >= 15 is 0 Å². The van der Waals surface area contributed by atoms with Crippen molar-refractivity contribution < 1.29 is 19.4 Å². The fourth-order valence-electron chi connectivity index (χ4n) is 1.37. The standard InChI is InChI=1S/C10H10O4/c11-9(12)10(13-7-14-10)6-8-4-2-1-3-5-8/h1-5H,6-7H2,(H,11,12). The highest BCUT2D eigenvalue weighted by Gasteiger charge is 2.48. The molecule has 4 nitrogen and oxygen atoms in total. The minimum atomic E-state index is -1.46. The van der Waals surface area contributed by atoms with E-state index in [2.05, 4.69) is 0 Å². The van der Waals surface area contributed by atoms with E-state index in [1.54, 1.807) is 0 Å². The maximum atomic E-state index is 10.9. The molecule has 0 bridgehead atoms. The van der Waals surface area contributed by atoms with Gasteiger partial charge in [-0.15, -0.1) is 0 Å². The van der Waals surface area contributed by atoms with E-state index in [1.807, 2.05) is 30.3 Å². The molecule has 1 aromatic carbocycles. The van der Waals surface area contributed by atoms with Crippen LogP contribution >= 0.6 is 0 Å². The summed E-state index contributed by atoms with van der Waals surface area (Å²) in [5, 5.41) is 8.90. The van der Waals surface area contributed by atoms with Crippen LogP contribution in [-0.2, 0) is 20.7 Å². The summed E-state index contributed by atoms with van der Waals surface area (Å²) in [6, 6.07) is 9.26. The van der Waals surface area contributed by atoms with Crippen LogP contribution in [0.1, 0.15) is 5.56 Å². The van der Waals surface area contributed by atoms with Gasteiger partial charge in [-0.2, -0.15) is 0 Å². The Morgan fingerprint density at radius 2 is 2.00 bits per heavy atom. The van der Waals surface area contributed by atoms with Gasteiger partial charge in [-0.3, -0.25) is 0 Å². The quantitative estimate of drug-likeness (QED) is 0.780. The van der Waals surface area contributed by atoms with Crippen molar-refractivity contribution in [3.63, 3.8) is 0 Å². The van der Waals surface area contributed by atoms with Crippen molar-refractivity contribution in [3.05, 3.63) is 35.9 Å². The number of hydrogen-bond acceptors (Lipinski definition) is 3.